The Labute approximate surface area is 157 Å². The van der Waals surface area contributed by atoms with Crippen molar-refractivity contribution in [1.29, 1.82) is 0 Å². The molecule has 5 heteroatoms. The lowest BCUT2D eigenvalue weighted by molar-refractivity contribution is -0.120. The summed E-state index contributed by atoms with van der Waals surface area (Å²) in [6.45, 7) is 1.98. The second kappa shape index (κ2) is 7.12. The number of benzene rings is 2. The van der Waals surface area contributed by atoms with Gasteiger partial charge in [-0.1, -0.05) is 36.9 Å². The van der Waals surface area contributed by atoms with E-state index in [1.807, 2.05) is 31.2 Å². The predicted octanol–water partition coefficient (Wildman–Crippen LogP) is 5.98. The monoisotopic (exact) mass is 368 g/mol. The molecule has 1 aliphatic carbocycles. The minimum absolute atomic E-state index is 0.120. The van der Waals surface area contributed by atoms with E-state index < -0.39 is 0 Å². The Morgan fingerprint density at radius 2 is 2.00 bits per heavy atom. The molecule has 0 atom stereocenters. The Hall–Kier alpha value is -2.33. The molecule has 4 rings (SSSR count). The van der Waals surface area contributed by atoms with Crippen LogP contribution >= 0.6 is 11.6 Å². The number of carbonyl (C=O) groups excluding carboxylic acids is 1. The lowest BCUT2D eigenvalue weighted by Crippen LogP contribution is -2.25. The standard InChI is InChI=1S/C21H21ClN2O2/c1-13-16(21-24-18-12-15(22)10-11-19(18)26-21)8-5-9-17(13)23-20(25)14-6-3-2-4-7-14/h5,8-12,14H,2-4,6-7H2,1H3,(H,23,25). The number of rotatable bonds is 3. The molecule has 1 amide bonds. The summed E-state index contributed by atoms with van der Waals surface area (Å²) in [4.78, 5) is 17.1. The fourth-order valence-electron chi connectivity index (χ4n) is 3.62. The van der Waals surface area contributed by atoms with Gasteiger partial charge in [-0.3, -0.25) is 4.79 Å². The average Bonchev–Trinajstić information content (AvgIpc) is 3.07. The molecule has 1 aromatic heterocycles. The van der Waals surface area contributed by atoms with Crippen LogP contribution in [0.25, 0.3) is 22.6 Å². The number of aromatic nitrogens is 1. The molecule has 0 unspecified atom stereocenters. The molecule has 0 radical (unpaired) electrons. The minimum atomic E-state index is 0.120. The molecule has 26 heavy (non-hydrogen) atoms. The van der Waals surface area contributed by atoms with Crippen molar-refractivity contribution in [2.24, 2.45) is 5.92 Å². The van der Waals surface area contributed by atoms with E-state index >= 15 is 0 Å². The zero-order valence-corrected chi connectivity index (χ0v) is 15.5. The van der Waals surface area contributed by atoms with Gasteiger partial charge in [-0.25, -0.2) is 4.98 Å². The first-order valence-corrected chi connectivity index (χ1v) is 9.46. The van der Waals surface area contributed by atoms with E-state index in [-0.39, 0.29) is 11.8 Å². The van der Waals surface area contributed by atoms with Crippen LogP contribution in [0.2, 0.25) is 5.02 Å². The van der Waals surface area contributed by atoms with Gasteiger partial charge in [0.2, 0.25) is 11.8 Å². The quantitative estimate of drug-likeness (QED) is 0.619. The number of anilines is 1. The van der Waals surface area contributed by atoms with E-state index in [0.717, 1.165) is 48.0 Å². The highest BCUT2D eigenvalue weighted by Crippen LogP contribution is 2.32. The summed E-state index contributed by atoms with van der Waals surface area (Å²) in [5.41, 5.74) is 4.07. The van der Waals surface area contributed by atoms with Crippen LogP contribution in [0.15, 0.2) is 40.8 Å². The van der Waals surface area contributed by atoms with Crippen LogP contribution in [0.5, 0.6) is 0 Å². The topological polar surface area (TPSA) is 55.1 Å². The van der Waals surface area contributed by atoms with Crippen molar-refractivity contribution in [1.82, 2.24) is 4.98 Å². The number of hydrogen-bond acceptors (Lipinski definition) is 3. The second-order valence-corrected chi connectivity index (χ2v) is 7.37. The first kappa shape index (κ1) is 17.1. The Bertz CT molecular complexity index is 958. The van der Waals surface area contributed by atoms with Crippen LogP contribution in [0.1, 0.15) is 37.7 Å². The van der Waals surface area contributed by atoms with Crippen molar-refractivity contribution in [2.45, 2.75) is 39.0 Å². The number of oxazole rings is 1. The van der Waals surface area contributed by atoms with Gasteiger partial charge >= 0.3 is 0 Å². The Balaban J connectivity index is 1.63. The summed E-state index contributed by atoms with van der Waals surface area (Å²) in [7, 11) is 0. The Kier molecular flexibility index (Phi) is 4.68. The molecule has 1 saturated carbocycles. The molecule has 1 heterocycles. The van der Waals surface area contributed by atoms with Gasteiger partial charge in [0.15, 0.2) is 5.58 Å². The third-order valence-corrected chi connectivity index (χ3v) is 5.38. The van der Waals surface area contributed by atoms with Crippen molar-refractivity contribution >= 4 is 34.3 Å². The SMILES string of the molecule is Cc1c(NC(=O)C2CCCCC2)cccc1-c1nc2cc(Cl)ccc2o1. The number of nitrogens with zero attached hydrogens (tertiary/aromatic N) is 1. The predicted molar refractivity (Wildman–Crippen MR) is 104 cm³/mol. The summed E-state index contributed by atoms with van der Waals surface area (Å²) >= 11 is 6.03. The van der Waals surface area contributed by atoms with E-state index in [1.165, 1.54) is 6.42 Å². The van der Waals surface area contributed by atoms with Crippen molar-refractivity contribution in [3.05, 3.63) is 47.0 Å². The van der Waals surface area contributed by atoms with Gasteiger partial charge in [0.05, 0.1) is 0 Å². The van der Waals surface area contributed by atoms with E-state index in [1.54, 1.807) is 12.1 Å². The number of nitrogens with one attached hydrogen (secondary N) is 1. The third kappa shape index (κ3) is 3.34. The van der Waals surface area contributed by atoms with Crippen LogP contribution in [0.3, 0.4) is 0 Å². The molecule has 3 aromatic rings. The van der Waals surface area contributed by atoms with Gasteiger partial charge in [0.1, 0.15) is 5.52 Å². The van der Waals surface area contributed by atoms with Crippen molar-refractivity contribution in [3.63, 3.8) is 0 Å². The van der Waals surface area contributed by atoms with Crippen LogP contribution in [-0.2, 0) is 4.79 Å². The second-order valence-electron chi connectivity index (χ2n) is 6.93. The van der Waals surface area contributed by atoms with Crippen molar-refractivity contribution in [3.8, 4) is 11.5 Å². The van der Waals surface area contributed by atoms with Gasteiger partial charge in [-0.2, -0.15) is 0 Å². The minimum Gasteiger partial charge on any atom is -0.436 e. The normalized spacial score (nSPS) is 15.3. The van der Waals surface area contributed by atoms with E-state index in [4.69, 9.17) is 16.0 Å². The molecule has 0 spiro atoms. The van der Waals surface area contributed by atoms with E-state index in [0.29, 0.717) is 16.5 Å². The fraction of sp³-hybridized carbons (Fsp3) is 0.333. The maximum absolute atomic E-state index is 12.6. The highest BCUT2D eigenvalue weighted by atomic mass is 35.5. The zero-order chi connectivity index (χ0) is 18.1. The van der Waals surface area contributed by atoms with Crippen molar-refractivity contribution in [2.75, 3.05) is 5.32 Å². The van der Waals surface area contributed by atoms with Gasteiger partial charge in [0, 0.05) is 22.2 Å². The maximum atomic E-state index is 12.6. The summed E-state index contributed by atoms with van der Waals surface area (Å²) in [5.74, 6) is 0.779. The van der Waals surface area contributed by atoms with Gasteiger partial charge < -0.3 is 9.73 Å². The van der Waals surface area contributed by atoms with Gasteiger partial charge in [0.25, 0.3) is 0 Å². The number of amides is 1. The summed E-state index contributed by atoms with van der Waals surface area (Å²) < 4.78 is 5.88. The summed E-state index contributed by atoms with van der Waals surface area (Å²) in [6, 6.07) is 11.2. The molecular weight excluding hydrogens is 348 g/mol. The lowest BCUT2D eigenvalue weighted by atomic mass is 9.88. The number of hydrogen-bond donors (Lipinski definition) is 1. The molecular formula is C21H21ClN2O2. The van der Waals surface area contributed by atoms with Gasteiger partial charge in [-0.05, 0) is 55.7 Å². The van der Waals surface area contributed by atoms with Crippen molar-refractivity contribution < 1.29 is 9.21 Å². The fourth-order valence-corrected chi connectivity index (χ4v) is 3.78. The lowest BCUT2D eigenvalue weighted by Gasteiger charge is -2.21. The largest absolute Gasteiger partial charge is 0.436 e. The number of halogens is 1. The molecule has 0 saturated heterocycles. The molecule has 1 fully saturated rings. The Morgan fingerprint density at radius 1 is 1.19 bits per heavy atom. The molecule has 1 N–H and O–H groups in total. The number of fused-ring (bicyclic) bond motifs is 1. The third-order valence-electron chi connectivity index (χ3n) is 5.15. The summed E-state index contributed by atoms with van der Waals surface area (Å²) in [6.07, 6.45) is 5.48. The molecule has 4 nitrogen and oxygen atoms in total. The molecule has 0 aliphatic heterocycles. The zero-order valence-electron chi connectivity index (χ0n) is 14.7. The van der Waals surface area contributed by atoms with E-state index in [2.05, 4.69) is 10.3 Å². The molecule has 0 bridgehead atoms. The molecule has 1 aliphatic rings. The van der Waals surface area contributed by atoms with Crippen LogP contribution in [0, 0.1) is 12.8 Å². The first-order chi connectivity index (χ1) is 12.6. The Morgan fingerprint density at radius 3 is 2.81 bits per heavy atom. The number of carbonyl (C=O) groups is 1. The average molecular weight is 369 g/mol. The summed E-state index contributed by atoms with van der Waals surface area (Å²) in [5, 5.41) is 3.73. The highest BCUT2D eigenvalue weighted by molar-refractivity contribution is 6.31. The molecule has 134 valence electrons. The van der Waals surface area contributed by atoms with Gasteiger partial charge in [-0.15, -0.1) is 0 Å². The first-order valence-electron chi connectivity index (χ1n) is 9.09. The van der Waals surface area contributed by atoms with Crippen LogP contribution in [0.4, 0.5) is 5.69 Å². The highest BCUT2D eigenvalue weighted by Gasteiger charge is 2.22. The van der Waals surface area contributed by atoms with Crippen LogP contribution < -0.4 is 5.32 Å². The van der Waals surface area contributed by atoms with E-state index in [9.17, 15) is 4.79 Å². The molecule has 2 aromatic carbocycles. The maximum Gasteiger partial charge on any atom is 0.227 e. The van der Waals surface area contributed by atoms with Crippen LogP contribution in [-0.4, -0.2) is 10.9 Å². The smallest absolute Gasteiger partial charge is 0.227 e.